The van der Waals surface area contributed by atoms with E-state index in [0.717, 1.165) is 0 Å². The van der Waals surface area contributed by atoms with Crippen LogP contribution in [-0.2, 0) is 0 Å². The van der Waals surface area contributed by atoms with E-state index in [-0.39, 0.29) is 5.91 Å². The molecule has 2 heterocycles. The predicted molar refractivity (Wildman–Crippen MR) is 75.7 cm³/mol. The average molecular weight is 282 g/mol. The van der Waals surface area contributed by atoms with Crippen molar-refractivity contribution in [1.29, 1.82) is 0 Å². The lowest BCUT2D eigenvalue weighted by molar-refractivity contribution is 0.102. The van der Waals surface area contributed by atoms with Crippen molar-refractivity contribution in [3.05, 3.63) is 72.7 Å². The topological polar surface area (TPSA) is 59.8 Å². The number of imidazole rings is 1. The molecule has 0 bridgehead atoms. The highest BCUT2D eigenvalue weighted by Crippen LogP contribution is 2.12. The molecule has 0 aliphatic rings. The van der Waals surface area contributed by atoms with Crippen LogP contribution in [0.5, 0.6) is 0 Å². The van der Waals surface area contributed by atoms with E-state index in [1.165, 1.54) is 24.4 Å². The molecular formula is C15H11FN4O. The number of anilines is 1. The van der Waals surface area contributed by atoms with Gasteiger partial charge in [-0.2, -0.15) is 0 Å². The fraction of sp³-hybridized carbons (Fsp3) is 0. The molecule has 2 aromatic heterocycles. The van der Waals surface area contributed by atoms with Gasteiger partial charge in [-0.1, -0.05) is 6.07 Å². The van der Waals surface area contributed by atoms with Crippen LogP contribution in [0.25, 0.3) is 5.82 Å². The first-order valence-corrected chi connectivity index (χ1v) is 6.24. The van der Waals surface area contributed by atoms with Crippen LogP contribution in [-0.4, -0.2) is 20.4 Å². The minimum atomic E-state index is -0.401. The molecule has 3 rings (SSSR count). The maximum Gasteiger partial charge on any atom is 0.257 e. The molecule has 21 heavy (non-hydrogen) atoms. The first kappa shape index (κ1) is 13.0. The van der Waals surface area contributed by atoms with Gasteiger partial charge in [0.1, 0.15) is 18.0 Å². The number of amides is 1. The highest BCUT2D eigenvalue weighted by molar-refractivity contribution is 6.04. The number of hydrogen-bond acceptors (Lipinski definition) is 3. The maximum absolute atomic E-state index is 13.1. The van der Waals surface area contributed by atoms with Crippen molar-refractivity contribution < 1.29 is 9.18 Å². The van der Waals surface area contributed by atoms with E-state index in [0.29, 0.717) is 17.1 Å². The van der Waals surface area contributed by atoms with Gasteiger partial charge >= 0.3 is 0 Å². The van der Waals surface area contributed by atoms with Crippen LogP contribution in [0.1, 0.15) is 10.4 Å². The fourth-order valence-corrected chi connectivity index (χ4v) is 1.84. The van der Waals surface area contributed by atoms with Gasteiger partial charge in [0.25, 0.3) is 5.91 Å². The minimum Gasteiger partial charge on any atom is -0.322 e. The number of pyridine rings is 1. The van der Waals surface area contributed by atoms with Gasteiger partial charge in [-0.05, 0) is 30.3 Å². The lowest BCUT2D eigenvalue weighted by Crippen LogP contribution is -2.12. The second-order valence-electron chi connectivity index (χ2n) is 4.34. The van der Waals surface area contributed by atoms with Crippen molar-refractivity contribution in [1.82, 2.24) is 14.5 Å². The zero-order valence-electron chi connectivity index (χ0n) is 10.9. The predicted octanol–water partition coefficient (Wildman–Crippen LogP) is 2.66. The van der Waals surface area contributed by atoms with Gasteiger partial charge < -0.3 is 5.32 Å². The summed E-state index contributed by atoms with van der Waals surface area (Å²) in [6, 6.07) is 9.08. The summed E-state index contributed by atoms with van der Waals surface area (Å²) in [6.45, 7) is 0. The number of carbonyl (C=O) groups excluding carboxylic acids is 1. The number of halogens is 1. The van der Waals surface area contributed by atoms with Gasteiger partial charge in [-0.25, -0.2) is 14.4 Å². The summed E-state index contributed by atoms with van der Waals surface area (Å²) in [5.74, 6) is -0.0820. The molecule has 5 nitrogen and oxygen atoms in total. The van der Waals surface area contributed by atoms with Crippen LogP contribution in [0, 0.1) is 5.82 Å². The maximum atomic E-state index is 13.1. The van der Waals surface area contributed by atoms with E-state index in [1.807, 2.05) is 0 Å². The van der Waals surface area contributed by atoms with E-state index in [4.69, 9.17) is 0 Å². The quantitative estimate of drug-likeness (QED) is 0.803. The molecule has 0 radical (unpaired) electrons. The summed E-state index contributed by atoms with van der Waals surface area (Å²) >= 11 is 0. The molecule has 0 unspecified atom stereocenters. The van der Waals surface area contributed by atoms with Crippen molar-refractivity contribution in [2.75, 3.05) is 5.32 Å². The Morgan fingerprint density at radius 2 is 2.14 bits per heavy atom. The van der Waals surface area contributed by atoms with Crippen LogP contribution < -0.4 is 5.32 Å². The minimum absolute atomic E-state index is 0.342. The Labute approximate surface area is 120 Å². The van der Waals surface area contributed by atoms with Crippen LogP contribution >= 0.6 is 0 Å². The smallest absolute Gasteiger partial charge is 0.257 e. The van der Waals surface area contributed by atoms with E-state index in [2.05, 4.69) is 15.3 Å². The Hall–Kier alpha value is -3.02. The summed E-state index contributed by atoms with van der Waals surface area (Å²) in [4.78, 5) is 20.1. The molecule has 0 saturated carbocycles. The van der Waals surface area contributed by atoms with E-state index in [1.54, 1.807) is 41.5 Å². The van der Waals surface area contributed by atoms with Gasteiger partial charge in [0.15, 0.2) is 0 Å². The average Bonchev–Trinajstić information content (AvgIpc) is 3.01. The normalized spacial score (nSPS) is 10.3. The summed E-state index contributed by atoms with van der Waals surface area (Å²) in [7, 11) is 0. The number of rotatable bonds is 3. The zero-order valence-corrected chi connectivity index (χ0v) is 10.9. The van der Waals surface area contributed by atoms with Gasteiger partial charge in [-0.15, -0.1) is 0 Å². The van der Waals surface area contributed by atoms with Crippen molar-refractivity contribution >= 4 is 11.6 Å². The van der Waals surface area contributed by atoms with Crippen molar-refractivity contribution in [3.8, 4) is 5.82 Å². The molecule has 0 aliphatic heterocycles. The highest BCUT2D eigenvalue weighted by atomic mass is 19.1. The summed E-state index contributed by atoms with van der Waals surface area (Å²) in [5.41, 5.74) is 0.793. The zero-order chi connectivity index (χ0) is 14.7. The van der Waals surface area contributed by atoms with E-state index in [9.17, 15) is 9.18 Å². The monoisotopic (exact) mass is 282 g/mol. The second-order valence-corrected chi connectivity index (χ2v) is 4.34. The van der Waals surface area contributed by atoms with Gasteiger partial charge in [-0.3, -0.25) is 9.36 Å². The Bertz CT molecular complexity index is 754. The highest BCUT2D eigenvalue weighted by Gasteiger charge is 2.07. The number of aromatic nitrogens is 3. The number of nitrogens with one attached hydrogen (secondary N) is 1. The Kier molecular flexibility index (Phi) is 3.42. The van der Waals surface area contributed by atoms with Gasteiger partial charge in [0.2, 0.25) is 0 Å². The molecule has 0 spiro atoms. The van der Waals surface area contributed by atoms with Crippen molar-refractivity contribution in [2.45, 2.75) is 0 Å². The molecule has 1 amide bonds. The molecule has 1 N–H and O–H groups in total. The summed E-state index contributed by atoms with van der Waals surface area (Å²) in [5, 5.41) is 2.62. The van der Waals surface area contributed by atoms with Crippen molar-refractivity contribution in [3.63, 3.8) is 0 Å². The molecule has 0 fully saturated rings. The molecule has 1 aromatic carbocycles. The molecule has 104 valence electrons. The third kappa shape index (κ3) is 2.94. The fourth-order valence-electron chi connectivity index (χ4n) is 1.84. The van der Waals surface area contributed by atoms with Gasteiger partial charge in [0.05, 0.1) is 5.56 Å². The Balaban J connectivity index is 1.76. The van der Waals surface area contributed by atoms with Crippen LogP contribution in [0.2, 0.25) is 0 Å². The first-order valence-electron chi connectivity index (χ1n) is 6.24. The van der Waals surface area contributed by atoms with Crippen LogP contribution in [0.4, 0.5) is 10.1 Å². The van der Waals surface area contributed by atoms with E-state index < -0.39 is 5.82 Å². The third-order valence-corrected chi connectivity index (χ3v) is 2.86. The SMILES string of the molecule is O=C(Nc1cccc(F)c1)c1ccc(-n2ccnc2)nc1. The Morgan fingerprint density at radius 3 is 2.81 bits per heavy atom. The Morgan fingerprint density at radius 1 is 1.24 bits per heavy atom. The number of carbonyl (C=O) groups is 1. The van der Waals surface area contributed by atoms with Gasteiger partial charge in [0, 0.05) is 24.3 Å². The largest absolute Gasteiger partial charge is 0.322 e. The lowest BCUT2D eigenvalue weighted by Gasteiger charge is -2.06. The third-order valence-electron chi connectivity index (χ3n) is 2.86. The molecular weight excluding hydrogens is 271 g/mol. The number of benzene rings is 1. The lowest BCUT2D eigenvalue weighted by atomic mass is 10.2. The first-order chi connectivity index (χ1) is 10.2. The molecule has 3 aromatic rings. The number of nitrogens with zero attached hydrogens (tertiary/aromatic N) is 3. The van der Waals surface area contributed by atoms with E-state index >= 15 is 0 Å². The molecule has 0 saturated heterocycles. The number of hydrogen-bond donors (Lipinski definition) is 1. The molecule has 0 aliphatic carbocycles. The second kappa shape index (κ2) is 5.54. The standard InChI is InChI=1S/C15H11FN4O/c16-12-2-1-3-13(8-12)19-15(21)11-4-5-14(18-9-11)20-7-6-17-10-20/h1-10H,(H,19,21). The van der Waals surface area contributed by atoms with Crippen LogP contribution in [0.15, 0.2) is 61.3 Å². The molecule has 0 atom stereocenters. The summed E-state index contributed by atoms with van der Waals surface area (Å²) < 4.78 is 14.8. The van der Waals surface area contributed by atoms with Crippen LogP contribution in [0.3, 0.4) is 0 Å². The van der Waals surface area contributed by atoms with Crippen molar-refractivity contribution in [2.24, 2.45) is 0 Å². The summed E-state index contributed by atoms with van der Waals surface area (Å²) in [6.07, 6.45) is 6.49. The molecule has 6 heteroatoms.